The minimum Gasteiger partial charge on any atom is -0.370 e. The highest BCUT2D eigenvalue weighted by atomic mass is 16.1. The molecule has 1 aliphatic heterocycles. The molecule has 1 atom stereocenters. The lowest BCUT2D eigenvalue weighted by Crippen LogP contribution is -2.33. The highest BCUT2D eigenvalue weighted by Gasteiger charge is 2.47. The van der Waals surface area contributed by atoms with Crippen molar-refractivity contribution >= 4 is 11.7 Å². The van der Waals surface area contributed by atoms with Crippen molar-refractivity contribution in [2.75, 3.05) is 11.9 Å². The molecule has 1 fully saturated rings. The summed E-state index contributed by atoms with van der Waals surface area (Å²) in [4.78, 5) is 12.2. The second kappa shape index (κ2) is 4.25. The van der Waals surface area contributed by atoms with Gasteiger partial charge in [-0.2, -0.15) is 5.10 Å². The summed E-state index contributed by atoms with van der Waals surface area (Å²) in [6.07, 6.45) is 5.33. The number of hydrogen-bond acceptors (Lipinski definition) is 3. The molecule has 2 N–H and O–H groups in total. The van der Waals surface area contributed by atoms with E-state index in [0.29, 0.717) is 17.0 Å². The smallest absolute Gasteiger partial charge is 0.256 e. The summed E-state index contributed by atoms with van der Waals surface area (Å²) in [5.41, 5.74) is 1.05. The van der Waals surface area contributed by atoms with Gasteiger partial charge in [0.15, 0.2) is 0 Å². The van der Waals surface area contributed by atoms with Crippen LogP contribution in [0.1, 0.15) is 56.4 Å². The molecule has 1 unspecified atom stereocenters. The van der Waals surface area contributed by atoms with E-state index in [-0.39, 0.29) is 11.9 Å². The number of nitrogens with one attached hydrogen (secondary N) is 2. The van der Waals surface area contributed by atoms with Gasteiger partial charge >= 0.3 is 0 Å². The van der Waals surface area contributed by atoms with E-state index in [0.717, 1.165) is 18.8 Å². The van der Waals surface area contributed by atoms with Crippen LogP contribution in [0.15, 0.2) is 6.20 Å². The van der Waals surface area contributed by atoms with Gasteiger partial charge in [0.1, 0.15) is 11.4 Å². The molecule has 1 aromatic heterocycles. The first-order valence-electron chi connectivity index (χ1n) is 7.13. The number of anilines is 1. The zero-order chi connectivity index (χ0) is 13.6. The van der Waals surface area contributed by atoms with Gasteiger partial charge < -0.3 is 10.6 Å². The summed E-state index contributed by atoms with van der Waals surface area (Å²) < 4.78 is 2.03. The average Bonchev–Trinajstić information content (AvgIpc) is 2.95. The average molecular weight is 262 g/mol. The topological polar surface area (TPSA) is 59.0 Å². The predicted octanol–water partition coefficient (Wildman–Crippen LogP) is 2.18. The molecule has 2 aliphatic rings. The van der Waals surface area contributed by atoms with Crippen molar-refractivity contribution in [2.24, 2.45) is 5.41 Å². The molecule has 19 heavy (non-hydrogen) atoms. The monoisotopic (exact) mass is 262 g/mol. The van der Waals surface area contributed by atoms with Gasteiger partial charge in [-0.15, -0.1) is 0 Å². The maximum Gasteiger partial charge on any atom is 0.256 e. The Morgan fingerprint density at radius 1 is 1.58 bits per heavy atom. The van der Waals surface area contributed by atoms with E-state index in [2.05, 4.69) is 22.7 Å². The van der Waals surface area contributed by atoms with Crippen molar-refractivity contribution in [1.82, 2.24) is 15.1 Å². The van der Waals surface area contributed by atoms with E-state index in [1.165, 1.54) is 12.8 Å². The minimum atomic E-state index is -0.0367. The van der Waals surface area contributed by atoms with E-state index in [1.54, 1.807) is 6.20 Å². The molecule has 1 saturated carbocycles. The molecular weight excluding hydrogens is 240 g/mol. The van der Waals surface area contributed by atoms with Gasteiger partial charge in [-0.05, 0) is 38.5 Å². The summed E-state index contributed by atoms with van der Waals surface area (Å²) in [5, 5.41) is 10.7. The first-order valence-corrected chi connectivity index (χ1v) is 7.13. The third kappa shape index (κ3) is 2.11. The van der Waals surface area contributed by atoms with Crippen molar-refractivity contribution in [3.8, 4) is 0 Å². The van der Waals surface area contributed by atoms with E-state index in [4.69, 9.17) is 0 Å². The third-order valence-corrected chi connectivity index (χ3v) is 4.31. The summed E-state index contributed by atoms with van der Waals surface area (Å²) in [7, 11) is 0. The van der Waals surface area contributed by atoms with E-state index < -0.39 is 0 Å². The van der Waals surface area contributed by atoms with Gasteiger partial charge in [0.2, 0.25) is 0 Å². The number of fused-ring (bicyclic) bond motifs is 1. The predicted molar refractivity (Wildman–Crippen MR) is 74.3 cm³/mol. The Bertz CT molecular complexity index is 502. The largest absolute Gasteiger partial charge is 0.370 e. The lowest BCUT2D eigenvalue weighted by atomic mass is 9.94. The molecule has 3 rings (SSSR count). The Kier molecular flexibility index (Phi) is 2.80. The fourth-order valence-electron chi connectivity index (χ4n) is 2.90. The van der Waals surface area contributed by atoms with Gasteiger partial charge in [0, 0.05) is 12.6 Å². The number of carbonyl (C=O) groups excluding carboxylic acids is 1. The summed E-state index contributed by atoms with van der Waals surface area (Å²) >= 11 is 0. The van der Waals surface area contributed by atoms with Crippen LogP contribution in [-0.4, -0.2) is 28.3 Å². The molecule has 5 heteroatoms. The van der Waals surface area contributed by atoms with Crippen molar-refractivity contribution in [2.45, 2.75) is 52.1 Å². The van der Waals surface area contributed by atoms with Gasteiger partial charge in [0.25, 0.3) is 5.91 Å². The van der Waals surface area contributed by atoms with Crippen LogP contribution in [0.3, 0.4) is 0 Å². The normalized spacial score (nSPS) is 23.7. The van der Waals surface area contributed by atoms with Crippen LogP contribution in [-0.2, 0) is 0 Å². The fraction of sp³-hybridized carbons (Fsp3) is 0.714. The third-order valence-electron chi connectivity index (χ3n) is 4.31. The zero-order valence-electron chi connectivity index (χ0n) is 11.9. The molecule has 0 bridgehead atoms. The molecule has 0 radical (unpaired) electrons. The Balaban J connectivity index is 1.90. The second-order valence-corrected chi connectivity index (χ2v) is 6.36. The molecule has 0 aromatic carbocycles. The Morgan fingerprint density at radius 2 is 2.32 bits per heavy atom. The number of carbonyl (C=O) groups is 1. The minimum absolute atomic E-state index is 0.0367. The molecule has 1 aromatic rings. The van der Waals surface area contributed by atoms with Crippen LogP contribution in [0, 0.1) is 5.41 Å². The number of nitrogens with zero attached hydrogens (tertiary/aromatic N) is 2. The van der Waals surface area contributed by atoms with Gasteiger partial charge in [-0.1, -0.05) is 6.92 Å². The lowest BCUT2D eigenvalue weighted by molar-refractivity contribution is 0.0943. The van der Waals surface area contributed by atoms with Crippen molar-refractivity contribution < 1.29 is 4.79 Å². The van der Waals surface area contributed by atoms with Crippen LogP contribution in [0.4, 0.5) is 5.82 Å². The van der Waals surface area contributed by atoms with Gasteiger partial charge in [-0.3, -0.25) is 4.79 Å². The summed E-state index contributed by atoms with van der Waals surface area (Å²) in [5.74, 6) is 0.855. The molecular formula is C14H22N4O. The van der Waals surface area contributed by atoms with Crippen LogP contribution in [0.25, 0.3) is 0 Å². The first-order chi connectivity index (χ1) is 9.01. The van der Waals surface area contributed by atoms with Crippen molar-refractivity contribution in [3.63, 3.8) is 0 Å². The second-order valence-electron chi connectivity index (χ2n) is 6.36. The van der Waals surface area contributed by atoms with Crippen molar-refractivity contribution in [1.29, 1.82) is 0 Å². The van der Waals surface area contributed by atoms with E-state index in [1.807, 2.05) is 18.5 Å². The maximum atomic E-state index is 12.2. The number of rotatable bonds is 3. The van der Waals surface area contributed by atoms with Crippen LogP contribution in [0.2, 0.25) is 0 Å². The standard InChI is InChI=1S/C14H22N4O/c1-9(2)17-13(19)10-8-16-18-11(14(3)5-6-14)4-7-15-12(10)18/h8-9,11,15H,4-7H2,1-3H3,(H,17,19). The highest BCUT2D eigenvalue weighted by molar-refractivity contribution is 5.98. The number of aromatic nitrogens is 2. The molecule has 104 valence electrons. The van der Waals surface area contributed by atoms with Crippen molar-refractivity contribution in [3.05, 3.63) is 11.8 Å². The number of hydrogen-bond donors (Lipinski definition) is 2. The summed E-state index contributed by atoms with van der Waals surface area (Å²) in [6.45, 7) is 7.18. The van der Waals surface area contributed by atoms with Crippen LogP contribution < -0.4 is 10.6 Å². The Hall–Kier alpha value is -1.52. The molecule has 1 amide bonds. The van der Waals surface area contributed by atoms with E-state index in [9.17, 15) is 4.79 Å². The Morgan fingerprint density at radius 3 is 2.95 bits per heavy atom. The molecule has 2 heterocycles. The van der Waals surface area contributed by atoms with Gasteiger partial charge in [-0.25, -0.2) is 4.68 Å². The molecule has 0 spiro atoms. The molecule has 5 nitrogen and oxygen atoms in total. The van der Waals surface area contributed by atoms with E-state index >= 15 is 0 Å². The summed E-state index contributed by atoms with van der Waals surface area (Å²) in [6, 6.07) is 0.577. The number of amides is 1. The highest BCUT2D eigenvalue weighted by Crippen LogP contribution is 2.56. The molecule has 0 saturated heterocycles. The van der Waals surface area contributed by atoms with Crippen LogP contribution in [0.5, 0.6) is 0 Å². The fourth-order valence-corrected chi connectivity index (χ4v) is 2.90. The molecule has 1 aliphatic carbocycles. The maximum absolute atomic E-state index is 12.2. The van der Waals surface area contributed by atoms with Crippen LogP contribution >= 0.6 is 0 Å². The Labute approximate surface area is 113 Å². The zero-order valence-corrected chi connectivity index (χ0v) is 11.9. The first kappa shape index (κ1) is 12.5. The van der Waals surface area contributed by atoms with Gasteiger partial charge in [0.05, 0.1) is 12.2 Å². The SMILES string of the molecule is CC(C)NC(=O)c1cnn2c1NCCC2C1(C)CC1. The lowest BCUT2D eigenvalue weighted by Gasteiger charge is -2.30. The quantitative estimate of drug-likeness (QED) is 0.877.